The van der Waals surface area contributed by atoms with E-state index < -0.39 is 74.8 Å². The van der Waals surface area contributed by atoms with Gasteiger partial charge < -0.3 is 29.1 Å². The fourth-order valence-electron chi connectivity index (χ4n) is 8.84. The van der Waals surface area contributed by atoms with Crippen LogP contribution in [0.3, 0.4) is 0 Å². The van der Waals surface area contributed by atoms with Gasteiger partial charge in [0.2, 0.25) is 5.78 Å². The van der Waals surface area contributed by atoms with Gasteiger partial charge in [0.15, 0.2) is 18.0 Å². The third-order valence-electron chi connectivity index (χ3n) is 10.9. The molecule has 0 bridgehead atoms. The number of nitrogens with zero attached hydrogens (tertiary/aromatic N) is 3. The van der Waals surface area contributed by atoms with Gasteiger partial charge >= 0.3 is 11.9 Å². The molecule has 1 N–H and O–H groups in total. The summed E-state index contributed by atoms with van der Waals surface area (Å²) >= 11 is 0. The molecular weight excluding hydrogens is 670 g/mol. The minimum Gasteiger partial charge on any atom is -0.457 e. The van der Waals surface area contributed by atoms with Crippen molar-refractivity contribution in [2.75, 3.05) is 19.8 Å². The number of carbonyl (C=O) groups excluding carboxylic acids is 4. The van der Waals surface area contributed by atoms with Gasteiger partial charge in [0, 0.05) is 29.6 Å². The average Bonchev–Trinajstić information content (AvgIpc) is 3.32. The first-order valence-corrected chi connectivity index (χ1v) is 16.4. The molecular formula is C31H41N3O16. The highest BCUT2D eigenvalue weighted by atomic mass is 17.0. The maximum atomic E-state index is 14.1. The molecule has 0 aromatic rings. The summed E-state index contributed by atoms with van der Waals surface area (Å²) < 4.78 is 11.3. The highest BCUT2D eigenvalue weighted by molar-refractivity contribution is 6.01. The molecule has 50 heavy (non-hydrogen) atoms. The number of esters is 2. The summed E-state index contributed by atoms with van der Waals surface area (Å²) in [4.78, 5) is 96.6. The molecule has 276 valence electrons. The Balaban J connectivity index is 1.50. The minimum absolute atomic E-state index is 0.0605. The third-order valence-corrected chi connectivity index (χ3v) is 10.9. The lowest BCUT2D eigenvalue weighted by atomic mass is 9.46. The first kappa shape index (κ1) is 38.1. The van der Waals surface area contributed by atoms with E-state index in [1.54, 1.807) is 13.0 Å². The van der Waals surface area contributed by atoms with Gasteiger partial charge in [-0.15, -0.1) is 30.3 Å². The molecule has 3 saturated carbocycles. The number of rotatable bonds is 18. The van der Waals surface area contributed by atoms with E-state index in [-0.39, 0.29) is 75.1 Å². The average molecular weight is 712 g/mol. The smallest absolute Gasteiger partial charge is 0.306 e. The van der Waals surface area contributed by atoms with E-state index in [1.807, 2.05) is 13.0 Å². The van der Waals surface area contributed by atoms with Gasteiger partial charge in [-0.2, -0.15) is 0 Å². The monoisotopic (exact) mass is 711 g/mol. The second-order valence-electron chi connectivity index (χ2n) is 13.7. The number of hydrogen-bond acceptors (Lipinski definition) is 16. The number of allylic oxidation sites excluding steroid dienone is 4. The van der Waals surface area contributed by atoms with Crippen molar-refractivity contribution in [2.45, 2.75) is 95.9 Å². The number of fused-ring (bicyclic) bond motifs is 5. The van der Waals surface area contributed by atoms with E-state index in [2.05, 4.69) is 14.5 Å². The normalized spacial score (nSPS) is 31.5. The van der Waals surface area contributed by atoms with Crippen LogP contribution in [0.4, 0.5) is 0 Å². The number of ether oxygens (including phenoxy) is 2. The van der Waals surface area contributed by atoms with Crippen LogP contribution >= 0.6 is 0 Å². The number of aliphatic hydroxyl groups is 1. The minimum atomic E-state index is -1.81. The molecule has 3 fully saturated rings. The molecule has 0 aromatic heterocycles. The van der Waals surface area contributed by atoms with Crippen molar-refractivity contribution in [2.24, 2.45) is 28.6 Å². The Morgan fingerprint density at radius 1 is 1.00 bits per heavy atom. The van der Waals surface area contributed by atoms with Crippen molar-refractivity contribution in [3.8, 4) is 0 Å². The molecule has 0 aromatic carbocycles. The maximum absolute atomic E-state index is 14.1. The van der Waals surface area contributed by atoms with Crippen molar-refractivity contribution < 1.29 is 63.5 Å². The SMILES string of the molecule is C[C@]12C=CC(=O)C=C1CCC1C3CC[C@](OC(=O)CCCO[N+](=O)[O-])(C(=O)COC(=O)CCCC(CO[N+](=O)[O-])O[N+](=O)[O-])[C@@]3(C)C[C@H](O)[C@@H]12. The summed E-state index contributed by atoms with van der Waals surface area (Å²) in [6, 6.07) is 0. The van der Waals surface area contributed by atoms with Crippen LogP contribution in [0, 0.1) is 58.9 Å². The highest BCUT2D eigenvalue weighted by Gasteiger charge is 2.70. The number of Topliss-reactive ketones (excluding diaryl/α,β-unsaturated/α-hetero) is 1. The summed E-state index contributed by atoms with van der Waals surface area (Å²) in [5.74, 6) is -3.10. The Hall–Kier alpha value is -4.68. The molecule has 0 radical (unpaired) electrons. The second-order valence-corrected chi connectivity index (χ2v) is 13.7. The molecule has 8 atom stereocenters. The third kappa shape index (κ3) is 8.03. The van der Waals surface area contributed by atoms with Gasteiger partial charge in [0.25, 0.3) is 15.3 Å². The Bertz CT molecular complexity index is 1450. The van der Waals surface area contributed by atoms with Crippen LogP contribution < -0.4 is 0 Å². The lowest BCUT2D eigenvalue weighted by Gasteiger charge is -2.59. The predicted molar refractivity (Wildman–Crippen MR) is 164 cm³/mol. The van der Waals surface area contributed by atoms with Gasteiger partial charge in [-0.05, 0) is 75.4 Å². The quantitative estimate of drug-likeness (QED) is 0.0926. The zero-order chi connectivity index (χ0) is 36.9. The molecule has 0 heterocycles. The Labute approximate surface area is 285 Å². The van der Waals surface area contributed by atoms with Crippen molar-refractivity contribution in [3.63, 3.8) is 0 Å². The maximum Gasteiger partial charge on any atom is 0.306 e. The summed E-state index contributed by atoms with van der Waals surface area (Å²) in [5.41, 5.74) is -2.56. The van der Waals surface area contributed by atoms with E-state index in [0.29, 0.717) is 19.3 Å². The van der Waals surface area contributed by atoms with E-state index in [1.165, 1.54) is 6.08 Å². The topological polar surface area (TPSA) is 264 Å². The Morgan fingerprint density at radius 2 is 1.70 bits per heavy atom. The Kier molecular flexibility index (Phi) is 11.8. The number of hydrogen-bond donors (Lipinski definition) is 1. The molecule has 4 aliphatic carbocycles. The molecule has 0 saturated heterocycles. The largest absolute Gasteiger partial charge is 0.457 e. The van der Waals surface area contributed by atoms with Crippen LogP contribution in [-0.4, -0.2) is 81.5 Å². The molecule has 0 aliphatic heterocycles. The van der Waals surface area contributed by atoms with Crippen LogP contribution in [0.15, 0.2) is 23.8 Å². The molecule has 4 rings (SSSR count). The lowest BCUT2D eigenvalue weighted by molar-refractivity contribution is -0.790. The van der Waals surface area contributed by atoms with Gasteiger partial charge in [-0.3, -0.25) is 19.2 Å². The van der Waals surface area contributed by atoms with E-state index in [4.69, 9.17) is 9.47 Å². The van der Waals surface area contributed by atoms with E-state index in [0.717, 1.165) is 5.57 Å². The van der Waals surface area contributed by atoms with Crippen LogP contribution in [0.25, 0.3) is 0 Å². The molecule has 19 nitrogen and oxygen atoms in total. The van der Waals surface area contributed by atoms with E-state index in [9.17, 15) is 54.6 Å². The number of ketones is 2. The second kappa shape index (κ2) is 15.5. The number of aliphatic hydroxyl groups excluding tert-OH is 1. The standard InChI is InChI=1S/C31H41N3O16/c1-29-12-10-20(35)15-19(29)8-9-22-23-11-13-31(30(23,2)16-24(36)28(22)29,49-27(39)7-4-14-47-32(40)41)25(37)18-46-26(38)6-3-5-21(50-34(44)45)17-48-33(42)43/h10,12,15,21-24,28,36H,3-9,11,13-14,16-18H2,1-2H3/t21?,22?,23?,24-,28+,29-,30-,31-/m0/s1. The molecule has 19 heteroatoms. The van der Waals surface area contributed by atoms with Crippen LogP contribution in [0.2, 0.25) is 0 Å². The van der Waals surface area contributed by atoms with Gasteiger partial charge in [0.05, 0.1) is 12.7 Å². The number of carbonyl (C=O) groups is 4. The van der Waals surface area contributed by atoms with Crippen LogP contribution in [-0.2, 0) is 43.2 Å². The summed E-state index contributed by atoms with van der Waals surface area (Å²) in [5, 5.41) is 40.2. The van der Waals surface area contributed by atoms with Gasteiger partial charge in [0.1, 0.15) is 12.7 Å². The summed E-state index contributed by atoms with van der Waals surface area (Å²) in [6.45, 7) is 1.86. The zero-order valence-electron chi connectivity index (χ0n) is 27.7. The van der Waals surface area contributed by atoms with Crippen LogP contribution in [0.1, 0.15) is 78.1 Å². The predicted octanol–water partition coefficient (Wildman–Crippen LogP) is 2.60. The highest BCUT2D eigenvalue weighted by Crippen LogP contribution is 2.68. The van der Waals surface area contributed by atoms with Gasteiger partial charge in [-0.25, -0.2) is 0 Å². The summed E-state index contributed by atoms with van der Waals surface area (Å²) in [6.07, 6.45) is 3.52. The fraction of sp³-hybridized carbons (Fsp3) is 0.742. The van der Waals surface area contributed by atoms with Gasteiger partial charge in [-0.1, -0.05) is 25.5 Å². The molecule has 3 unspecified atom stereocenters. The molecule has 0 spiro atoms. The summed E-state index contributed by atoms with van der Waals surface area (Å²) in [7, 11) is 0. The lowest BCUT2D eigenvalue weighted by Crippen LogP contribution is -2.63. The van der Waals surface area contributed by atoms with Crippen molar-refractivity contribution >= 4 is 23.5 Å². The fourth-order valence-corrected chi connectivity index (χ4v) is 8.84. The molecule has 4 aliphatic rings. The molecule has 0 amide bonds. The van der Waals surface area contributed by atoms with Crippen LogP contribution in [0.5, 0.6) is 0 Å². The van der Waals surface area contributed by atoms with Crippen molar-refractivity contribution in [1.82, 2.24) is 0 Å². The Morgan fingerprint density at radius 3 is 2.38 bits per heavy atom. The van der Waals surface area contributed by atoms with E-state index >= 15 is 0 Å². The van der Waals surface area contributed by atoms with Crippen molar-refractivity contribution in [3.05, 3.63) is 54.1 Å². The first-order valence-electron chi connectivity index (χ1n) is 16.4. The zero-order valence-corrected chi connectivity index (χ0v) is 27.7. The van der Waals surface area contributed by atoms with Crippen molar-refractivity contribution in [1.29, 1.82) is 0 Å². The first-order chi connectivity index (χ1) is 23.5.